The number of benzene rings is 4. The third-order valence-electron chi connectivity index (χ3n) is 9.02. The molecule has 9 heteroatoms. The van der Waals surface area contributed by atoms with Crippen LogP contribution in [0.1, 0.15) is 67.1 Å². The largest absolute Gasteiger partial charge is 0.480 e. The molecule has 4 aromatic carbocycles. The molecule has 0 unspecified atom stereocenters. The Hall–Kier alpha value is -4.76. The van der Waals surface area contributed by atoms with Crippen LogP contribution in [0.4, 0.5) is 0 Å². The number of carboxylic acid groups (broad SMARTS) is 1. The zero-order chi connectivity index (χ0) is 35.5. The van der Waals surface area contributed by atoms with Crippen LogP contribution in [0.5, 0.6) is 0 Å². The first-order chi connectivity index (χ1) is 23.3. The van der Waals surface area contributed by atoms with Gasteiger partial charge in [0.05, 0.1) is 0 Å². The molecule has 0 radical (unpaired) electrons. The number of carbonyl (C=O) groups is 4. The van der Waals surface area contributed by atoms with Crippen LogP contribution in [-0.4, -0.2) is 45.4 Å². The maximum Gasteiger partial charge on any atom is 0.329 e. The Bertz CT molecular complexity index is 1720. The highest BCUT2D eigenvalue weighted by Gasteiger charge is 2.45. The number of amides is 3. The van der Waals surface area contributed by atoms with Crippen molar-refractivity contribution < 1.29 is 24.3 Å². The molecule has 0 aliphatic rings. The van der Waals surface area contributed by atoms with Crippen molar-refractivity contribution in [1.82, 2.24) is 16.0 Å². The van der Waals surface area contributed by atoms with Gasteiger partial charge in [0.25, 0.3) is 5.91 Å². The maximum atomic E-state index is 14.4. The lowest BCUT2D eigenvalue weighted by Gasteiger charge is -2.38. The Balaban J connectivity index is 1.63. The molecule has 0 spiro atoms. The first-order valence-corrected chi connectivity index (χ1v) is 17.2. The fraction of sp³-hybridized carbons (Fsp3) is 0.300. The molecular weight excluding hydrogens is 682 g/mol. The molecule has 4 rings (SSSR count). The Morgan fingerprint density at radius 1 is 0.531 bits per heavy atom. The molecule has 4 N–H and O–H groups in total. The lowest BCUT2D eigenvalue weighted by Crippen LogP contribution is -2.67. The van der Waals surface area contributed by atoms with Crippen LogP contribution < -0.4 is 16.0 Å². The number of hydrogen-bond donors (Lipinski definition) is 4. The SMILES string of the molecule is C[C@@](CCc1ccccc1)(NC(=O)[C@](C)(CCc1ccccc1)NC(=O)[C@](C)(CCc1ccccc1)NC(=O)c1ccc(Br)cc1)C(=O)O. The highest BCUT2D eigenvalue weighted by atomic mass is 79.9. The molecule has 0 saturated heterocycles. The van der Waals surface area contributed by atoms with Crippen molar-refractivity contribution in [3.63, 3.8) is 0 Å². The zero-order valence-corrected chi connectivity index (χ0v) is 29.8. The molecule has 0 aromatic heterocycles. The second-order valence-corrected chi connectivity index (χ2v) is 14.0. The predicted molar refractivity (Wildman–Crippen MR) is 195 cm³/mol. The van der Waals surface area contributed by atoms with Crippen molar-refractivity contribution in [2.75, 3.05) is 0 Å². The van der Waals surface area contributed by atoms with Gasteiger partial charge in [0.15, 0.2) is 0 Å². The molecule has 0 aliphatic carbocycles. The standard InChI is InChI=1S/C40H44BrN3O5/c1-38(26-23-29-13-7-4-8-14-29,42-34(45)32-19-21-33(41)22-20-32)35(46)43-39(2,27-24-30-15-9-5-10-16-30)36(47)44-40(3,37(48)49)28-25-31-17-11-6-12-18-31/h4-22H,23-28H2,1-3H3,(H,42,45)(H,43,46)(H,44,47)(H,48,49)/t38-,39-,40-/m0/s1. The molecule has 256 valence electrons. The lowest BCUT2D eigenvalue weighted by atomic mass is 9.86. The fourth-order valence-corrected chi connectivity index (χ4v) is 5.77. The first-order valence-electron chi connectivity index (χ1n) is 16.4. The van der Waals surface area contributed by atoms with Crippen LogP contribution in [-0.2, 0) is 33.6 Å². The van der Waals surface area contributed by atoms with E-state index in [0.717, 1.165) is 21.2 Å². The van der Waals surface area contributed by atoms with Crippen molar-refractivity contribution in [2.45, 2.75) is 75.9 Å². The Labute approximate surface area is 296 Å². The molecule has 3 amide bonds. The van der Waals surface area contributed by atoms with Crippen molar-refractivity contribution in [2.24, 2.45) is 0 Å². The summed E-state index contributed by atoms with van der Waals surface area (Å²) in [6.45, 7) is 4.74. The normalized spacial score (nSPS) is 14.7. The summed E-state index contributed by atoms with van der Waals surface area (Å²) in [6.07, 6.45) is 1.90. The Morgan fingerprint density at radius 2 is 0.878 bits per heavy atom. The van der Waals surface area contributed by atoms with Gasteiger partial charge in [-0.2, -0.15) is 0 Å². The molecular formula is C40H44BrN3O5. The zero-order valence-electron chi connectivity index (χ0n) is 28.2. The van der Waals surface area contributed by atoms with E-state index >= 15 is 0 Å². The van der Waals surface area contributed by atoms with E-state index in [9.17, 15) is 24.3 Å². The summed E-state index contributed by atoms with van der Waals surface area (Å²) in [5, 5.41) is 19.0. The minimum atomic E-state index is -1.61. The van der Waals surface area contributed by atoms with Crippen LogP contribution in [0.25, 0.3) is 0 Å². The molecule has 49 heavy (non-hydrogen) atoms. The summed E-state index contributed by atoms with van der Waals surface area (Å²) in [5.41, 5.74) is -1.32. The van der Waals surface area contributed by atoms with Crippen molar-refractivity contribution in [1.29, 1.82) is 0 Å². The van der Waals surface area contributed by atoms with E-state index < -0.39 is 40.3 Å². The lowest BCUT2D eigenvalue weighted by molar-refractivity contribution is -0.148. The summed E-state index contributed by atoms with van der Waals surface area (Å²) in [5.74, 6) is -2.80. The monoisotopic (exact) mass is 725 g/mol. The van der Waals surface area contributed by atoms with E-state index in [1.54, 1.807) is 38.1 Å². The quantitative estimate of drug-likeness (QED) is 0.103. The van der Waals surface area contributed by atoms with Crippen LogP contribution in [0, 0.1) is 0 Å². The summed E-state index contributed by atoms with van der Waals surface area (Å²) < 4.78 is 0.811. The maximum absolute atomic E-state index is 14.4. The van der Waals surface area contributed by atoms with Gasteiger partial charge in [-0.25, -0.2) is 4.79 Å². The third-order valence-corrected chi connectivity index (χ3v) is 9.55. The minimum absolute atomic E-state index is 0.138. The highest BCUT2D eigenvalue weighted by molar-refractivity contribution is 9.10. The van der Waals surface area contributed by atoms with Gasteiger partial charge in [-0.15, -0.1) is 0 Å². The van der Waals surface area contributed by atoms with Crippen LogP contribution in [0.3, 0.4) is 0 Å². The predicted octanol–water partition coefficient (Wildman–Crippen LogP) is 6.67. The summed E-state index contributed by atoms with van der Waals surface area (Å²) >= 11 is 3.39. The Morgan fingerprint density at radius 3 is 1.27 bits per heavy atom. The summed E-state index contributed by atoms with van der Waals surface area (Å²) in [4.78, 5) is 54.8. The number of nitrogens with one attached hydrogen (secondary N) is 3. The minimum Gasteiger partial charge on any atom is -0.480 e. The summed E-state index contributed by atoms with van der Waals surface area (Å²) in [7, 11) is 0. The third kappa shape index (κ3) is 10.4. The van der Waals surface area contributed by atoms with Gasteiger partial charge < -0.3 is 21.1 Å². The van der Waals surface area contributed by atoms with E-state index in [1.807, 2.05) is 91.0 Å². The Kier molecular flexibility index (Phi) is 12.5. The molecule has 0 saturated carbocycles. The molecule has 0 bridgehead atoms. The van der Waals surface area contributed by atoms with Crippen molar-refractivity contribution >= 4 is 39.6 Å². The van der Waals surface area contributed by atoms with Gasteiger partial charge in [-0.3, -0.25) is 14.4 Å². The average molecular weight is 727 g/mol. The van der Waals surface area contributed by atoms with Crippen LogP contribution in [0.15, 0.2) is 120 Å². The number of hydrogen-bond acceptors (Lipinski definition) is 4. The van der Waals surface area contributed by atoms with Gasteiger partial charge in [-0.1, -0.05) is 107 Å². The van der Waals surface area contributed by atoms with Crippen molar-refractivity contribution in [3.05, 3.63) is 142 Å². The molecule has 8 nitrogen and oxygen atoms in total. The van der Waals surface area contributed by atoms with Gasteiger partial charge in [0.2, 0.25) is 11.8 Å². The first kappa shape index (κ1) is 37.1. The van der Waals surface area contributed by atoms with Crippen LogP contribution in [0.2, 0.25) is 0 Å². The number of aryl methyl sites for hydroxylation is 3. The van der Waals surface area contributed by atoms with Gasteiger partial charge in [0, 0.05) is 10.0 Å². The van der Waals surface area contributed by atoms with Crippen LogP contribution >= 0.6 is 15.9 Å². The summed E-state index contributed by atoms with van der Waals surface area (Å²) in [6, 6.07) is 35.5. The second kappa shape index (κ2) is 16.6. The van der Waals surface area contributed by atoms with Gasteiger partial charge >= 0.3 is 5.97 Å². The number of halogens is 1. The van der Waals surface area contributed by atoms with Gasteiger partial charge in [-0.05, 0) is 100 Å². The fourth-order valence-electron chi connectivity index (χ4n) is 5.51. The van der Waals surface area contributed by atoms with E-state index in [2.05, 4.69) is 31.9 Å². The average Bonchev–Trinajstić information content (AvgIpc) is 3.10. The van der Waals surface area contributed by atoms with Crippen molar-refractivity contribution in [3.8, 4) is 0 Å². The van der Waals surface area contributed by atoms with E-state index in [1.165, 1.54) is 6.92 Å². The van der Waals surface area contributed by atoms with E-state index in [0.29, 0.717) is 24.8 Å². The molecule has 0 heterocycles. The smallest absolute Gasteiger partial charge is 0.329 e. The number of aliphatic carboxylic acids is 1. The number of carboxylic acids is 1. The second-order valence-electron chi connectivity index (χ2n) is 13.1. The van der Waals surface area contributed by atoms with E-state index in [4.69, 9.17) is 0 Å². The molecule has 3 atom stereocenters. The molecule has 4 aromatic rings. The van der Waals surface area contributed by atoms with E-state index in [-0.39, 0.29) is 19.3 Å². The number of carbonyl (C=O) groups excluding carboxylic acids is 3. The highest BCUT2D eigenvalue weighted by Crippen LogP contribution is 2.24. The number of rotatable bonds is 16. The topological polar surface area (TPSA) is 125 Å². The van der Waals surface area contributed by atoms with Gasteiger partial charge in [0.1, 0.15) is 16.6 Å². The molecule has 0 aliphatic heterocycles. The molecule has 0 fully saturated rings.